The van der Waals surface area contributed by atoms with Crippen LogP contribution in [-0.2, 0) is 0 Å². The van der Waals surface area contributed by atoms with Crippen molar-refractivity contribution in [3.8, 4) is 0 Å². The summed E-state index contributed by atoms with van der Waals surface area (Å²) in [5.41, 5.74) is 0.180. The molecule has 1 aromatic heterocycles. The number of hydrogen-bond acceptors (Lipinski definition) is 3. The van der Waals surface area contributed by atoms with Gasteiger partial charge in [0.05, 0.1) is 0 Å². The number of carbonyl (C=O) groups is 1. The zero-order valence-corrected chi connectivity index (χ0v) is 6.57. The van der Waals surface area contributed by atoms with Gasteiger partial charge < -0.3 is 0 Å². The Labute approximate surface area is 73.2 Å². The largest absolute Gasteiger partial charge is 0.294 e. The lowest BCUT2D eigenvalue weighted by atomic mass is 10.2. The number of hydrogen-bond donors (Lipinski definition) is 0. The molecule has 1 heterocycles. The molecule has 0 saturated carbocycles. The summed E-state index contributed by atoms with van der Waals surface area (Å²) < 4.78 is 13.1. The van der Waals surface area contributed by atoms with Crippen molar-refractivity contribution in [1.82, 2.24) is 9.97 Å². The van der Waals surface area contributed by atoms with Crippen molar-refractivity contribution >= 4 is 17.2 Å². The first-order valence-electron chi connectivity index (χ1n) is 3.68. The lowest BCUT2D eigenvalue weighted by molar-refractivity contribution is 0.111. The minimum absolute atomic E-state index is 0.00222. The van der Waals surface area contributed by atoms with Crippen LogP contribution in [0.5, 0.6) is 0 Å². The number of fused-ring (bicyclic) bond motifs is 1. The Bertz CT molecular complexity index is 470. The molecule has 0 N–H and O–H groups in total. The Hall–Kier alpha value is -1.84. The first kappa shape index (κ1) is 7.79. The molecular formula is C9H5FN2O. The topological polar surface area (TPSA) is 42.9 Å². The fraction of sp³-hybridized carbons (Fsp3) is 0. The average molecular weight is 176 g/mol. The first-order chi connectivity index (χ1) is 6.31. The van der Waals surface area contributed by atoms with Gasteiger partial charge in [0.15, 0.2) is 12.1 Å². The first-order valence-corrected chi connectivity index (χ1v) is 3.68. The summed E-state index contributed by atoms with van der Waals surface area (Å²) in [5.74, 6) is -0.444. The van der Waals surface area contributed by atoms with Gasteiger partial charge in [-0.15, -0.1) is 0 Å². The molecule has 2 aromatic rings. The average Bonchev–Trinajstić information content (AvgIpc) is 2.18. The molecule has 0 radical (unpaired) electrons. The van der Waals surface area contributed by atoms with Crippen LogP contribution in [0.3, 0.4) is 0 Å². The van der Waals surface area contributed by atoms with Crippen LogP contribution in [0, 0.1) is 5.82 Å². The molecule has 0 aliphatic carbocycles. The maximum absolute atomic E-state index is 13.1. The van der Waals surface area contributed by atoms with Gasteiger partial charge in [0.25, 0.3) is 0 Å². The zero-order chi connectivity index (χ0) is 9.26. The van der Waals surface area contributed by atoms with E-state index >= 15 is 0 Å². The van der Waals surface area contributed by atoms with E-state index < -0.39 is 5.82 Å². The van der Waals surface area contributed by atoms with Gasteiger partial charge in [0.1, 0.15) is 11.3 Å². The van der Waals surface area contributed by atoms with E-state index in [1.165, 1.54) is 12.3 Å². The summed E-state index contributed by atoms with van der Waals surface area (Å²) >= 11 is 0. The summed E-state index contributed by atoms with van der Waals surface area (Å²) in [6.07, 6.45) is 1.92. The van der Waals surface area contributed by atoms with E-state index in [1.807, 2.05) is 0 Å². The van der Waals surface area contributed by atoms with Crippen LogP contribution in [-0.4, -0.2) is 16.3 Å². The van der Waals surface area contributed by atoms with Crippen molar-refractivity contribution in [1.29, 1.82) is 0 Å². The SMILES string of the molecule is O=Cc1ncc2cccc(F)c2n1. The van der Waals surface area contributed by atoms with Crippen LogP contribution < -0.4 is 0 Å². The van der Waals surface area contributed by atoms with E-state index in [0.717, 1.165) is 0 Å². The highest BCUT2D eigenvalue weighted by Gasteiger charge is 2.02. The normalized spacial score (nSPS) is 10.2. The van der Waals surface area contributed by atoms with Crippen molar-refractivity contribution in [2.24, 2.45) is 0 Å². The Balaban J connectivity index is 2.81. The van der Waals surface area contributed by atoms with Crippen molar-refractivity contribution in [3.05, 3.63) is 36.0 Å². The molecule has 0 amide bonds. The van der Waals surface area contributed by atoms with Gasteiger partial charge in [-0.1, -0.05) is 12.1 Å². The lowest BCUT2D eigenvalue weighted by Gasteiger charge is -1.97. The molecule has 0 aliphatic rings. The molecule has 3 nitrogen and oxygen atoms in total. The van der Waals surface area contributed by atoms with E-state index in [1.54, 1.807) is 12.1 Å². The molecule has 13 heavy (non-hydrogen) atoms. The summed E-state index contributed by atoms with van der Waals surface area (Å²) in [6, 6.07) is 4.55. The number of halogens is 1. The second-order valence-electron chi connectivity index (χ2n) is 2.52. The van der Waals surface area contributed by atoms with Crippen LogP contribution >= 0.6 is 0 Å². The van der Waals surface area contributed by atoms with E-state index in [4.69, 9.17) is 0 Å². The number of aromatic nitrogens is 2. The standard InChI is InChI=1S/C9H5FN2O/c10-7-3-1-2-6-4-11-8(5-13)12-9(6)7/h1-5H. The van der Waals surface area contributed by atoms with Gasteiger partial charge in [0, 0.05) is 11.6 Å². The second kappa shape index (κ2) is 2.90. The fourth-order valence-corrected chi connectivity index (χ4v) is 1.09. The molecule has 2 rings (SSSR count). The number of aldehydes is 1. The second-order valence-corrected chi connectivity index (χ2v) is 2.52. The highest BCUT2D eigenvalue weighted by Crippen LogP contribution is 2.13. The summed E-state index contributed by atoms with van der Waals surface area (Å²) in [7, 11) is 0. The van der Waals surface area contributed by atoms with Gasteiger partial charge in [-0.25, -0.2) is 14.4 Å². The molecule has 1 aromatic carbocycles. The Morgan fingerprint density at radius 3 is 3.00 bits per heavy atom. The van der Waals surface area contributed by atoms with Gasteiger partial charge in [-0.05, 0) is 6.07 Å². The zero-order valence-electron chi connectivity index (χ0n) is 6.57. The van der Waals surface area contributed by atoms with E-state index in [9.17, 15) is 9.18 Å². The molecule has 0 bridgehead atoms. The van der Waals surface area contributed by atoms with Crippen molar-refractivity contribution in [3.63, 3.8) is 0 Å². The van der Waals surface area contributed by atoms with Crippen molar-refractivity contribution in [2.45, 2.75) is 0 Å². The Morgan fingerprint density at radius 2 is 2.23 bits per heavy atom. The summed E-state index contributed by atoms with van der Waals surface area (Å²) in [5, 5.41) is 0.589. The number of carbonyl (C=O) groups excluding carboxylic acids is 1. The third-order valence-corrected chi connectivity index (χ3v) is 1.69. The van der Waals surface area contributed by atoms with Crippen LogP contribution in [0.2, 0.25) is 0 Å². The van der Waals surface area contributed by atoms with Crippen molar-refractivity contribution in [2.75, 3.05) is 0 Å². The minimum atomic E-state index is -0.442. The predicted molar refractivity (Wildman–Crippen MR) is 44.9 cm³/mol. The highest BCUT2D eigenvalue weighted by molar-refractivity contribution is 5.81. The quantitative estimate of drug-likeness (QED) is 0.619. The van der Waals surface area contributed by atoms with Gasteiger partial charge >= 0.3 is 0 Å². The molecular weight excluding hydrogens is 171 g/mol. The molecule has 0 spiro atoms. The fourth-order valence-electron chi connectivity index (χ4n) is 1.09. The molecule has 0 atom stereocenters. The predicted octanol–water partition coefficient (Wildman–Crippen LogP) is 1.58. The molecule has 0 aliphatic heterocycles. The van der Waals surface area contributed by atoms with Gasteiger partial charge in [-0.2, -0.15) is 0 Å². The third kappa shape index (κ3) is 1.26. The van der Waals surface area contributed by atoms with Gasteiger partial charge in [0.2, 0.25) is 0 Å². The van der Waals surface area contributed by atoms with Crippen molar-refractivity contribution < 1.29 is 9.18 Å². The number of rotatable bonds is 1. The number of nitrogens with zero attached hydrogens (tertiary/aromatic N) is 2. The minimum Gasteiger partial charge on any atom is -0.294 e. The maximum atomic E-state index is 13.1. The van der Waals surface area contributed by atoms with E-state index in [2.05, 4.69) is 9.97 Å². The molecule has 0 fully saturated rings. The summed E-state index contributed by atoms with van der Waals surface area (Å²) in [4.78, 5) is 17.8. The van der Waals surface area contributed by atoms with Crippen LogP contribution in [0.1, 0.15) is 10.6 Å². The molecule has 4 heteroatoms. The Morgan fingerprint density at radius 1 is 1.38 bits per heavy atom. The maximum Gasteiger partial charge on any atom is 0.193 e. The van der Waals surface area contributed by atoms with Crippen LogP contribution in [0.25, 0.3) is 10.9 Å². The van der Waals surface area contributed by atoms with Crippen LogP contribution in [0.15, 0.2) is 24.4 Å². The van der Waals surface area contributed by atoms with Gasteiger partial charge in [-0.3, -0.25) is 4.79 Å². The number of para-hydroxylation sites is 1. The monoisotopic (exact) mass is 176 g/mol. The molecule has 0 saturated heterocycles. The van der Waals surface area contributed by atoms with E-state index in [0.29, 0.717) is 11.7 Å². The molecule has 0 unspecified atom stereocenters. The third-order valence-electron chi connectivity index (χ3n) is 1.69. The summed E-state index contributed by atoms with van der Waals surface area (Å²) in [6.45, 7) is 0. The number of benzene rings is 1. The smallest absolute Gasteiger partial charge is 0.193 e. The highest BCUT2D eigenvalue weighted by atomic mass is 19.1. The molecule has 64 valence electrons. The Kier molecular flexibility index (Phi) is 1.73. The van der Waals surface area contributed by atoms with Crippen LogP contribution in [0.4, 0.5) is 4.39 Å². The lowest BCUT2D eigenvalue weighted by Crippen LogP contribution is -1.93. The van der Waals surface area contributed by atoms with E-state index in [-0.39, 0.29) is 11.3 Å².